The lowest BCUT2D eigenvalue weighted by Crippen LogP contribution is -2.40. The van der Waals surface area contributed by atoms with E-state index in [9.17, 15) is 14.5 Å². The number of ether oxygens (including phenoxy) is 1. The summed E-state index contributed by atoms with van der Waals surface area (Å²) in [6.45, 7) is 1.16. The first kappa shape index (κ1) is 9.85. The van der Waals surface area contributed by atoms with Crippen molar-refractivity contribution in [3.63, 3.8) is 0 Å². The molecule has 1 aliphatic heterocycles. The topological polar surface area (TPSA) is 64.4 Å². The fourth-order valence-electron chi connectivity index (χ4n) is 1.30. The molecule has 0 amide bonds. The molecule has 0 radical (unpaired) electrons. The Kier molecular flexibility index (Phi) is 2.51. The van der Waals surface area contributed by atoms with Crippen molar-refractivity contribution >= 4 is 11.4 Å². The van der Waals surface area contributed by atoms with Crippen LogP contribution in [-0.2, 0) is 4.74 Å². The lowest BCUT2D eigenvalue weighted by Gasteiger charge is -2.27. The van der Waals surface area contributed by atoms with Gasteiger partial charge >= 0.3 is 5.69 Å². The molecule has 1 saturated heterocycles. The van der Waals surface area contributed by atoms with Crippen molar-refractivity contribution in [1.29, 1.82) is 0 Å². The van der Waals surface area contributed by atoms with Gasteiger partial charge in [-0.3, -0.25) is 10.1 Å². The Morgan fingerprint density at radius 2 is 2.27 bits per heavy atom. The molecule has 0 spiro atoms. The second-order valence-corrected chi connectivity index (χ2v) is 3.30. The standard InChI is InChI=1S/C9H9FN2O3/c10-8-3-6(11-7-4-15-5-7)1-2-9(8)12(13)14/h1-3,7,11H,4-5H2. The van der Waals surface area contributed by atoms with Crippen molar-refractivity contribution in [2.75, 3.05) is 18.5 Å². The molecule has 2 rings (SSSR count). The number of rotatable bonds is 3. The van der Waals surface area contributed by atoms with Crippen LogP contribution in [0.4, 0.5) is 15.8 Å². The van der Waals surface area contributed by atoms with Crippen LogP contribution in [0.1, 0.15) is 0 Å². The molecule has 0 saturated carbocycles. The summed E-state index contributed by atoms with van der Waals surface area (Å²) >= 11 is 0. The minimum Gasteiger partial charge on any atom is -0.378 e. The van der Waals surface area contributed by atoms with Gasteiger partial charge in [-0.05, 0) is 6.07 Å². The Balaban J connectivity index is 2.13. The van der Waals surface area contributed by atoms with Crippen molar-refractivity contribution in [3.8, 4) is 0 Å². The quantitative estimate of drug-likeness (QED) is 0.609. The predicted molar refractivity (Wildman–Crippen MR) is 51.3 cm³/mol. The Bertz CT molecular complexity index is 393. The minimum atomic E-state index is -0.828. The summed E-state index contributed by atoms with van der Waals surface area (Å²) in [4.78, 5) is 9.60. The summed E-state index contributed by atoms with van der Waals surface area (Å²) in [6.07, 6.45) is 0. The normalized spacial score (nSPS) is 15.8. The molecule has 0 unspecified atom stereocenters. The Morgan fingerprint density at radius 3 is 2.73 bits per heavy atom. The van der Waals surface area contributed by atoms with E-state index in [0.717, 1.165) is 12.1 Å². The van der Waals surface area contributed by atoms with Crippen LogP contribution < -0.4 is 5.32 Å². The first-order valence-electron chi connectivity index (χ1n) is 4.45. The molecule has 0 bridgehead atoms. The molecule has 0 atom stereocenters. The second-order valence-electron chi connectivity index (χ2n) is 3.30. The maximum Gasteiger partial charge on any atom is 0.304 e. The number of nitrogens with one attached hydrogen (secondary N) is 1. The summed E-state index contributed by atoms with van der Waals surface area (Å²) < 4.78 is 18.1. The lowest BCUT2D eigenvalue weighted by atomic mass is 10.2. The molecule has 1 aromatic carbocycles. The summed E-state index contributed by atoms with van der Waals surface area (Å²) in [5.41, 5.74) is 0.0248. The third-order valence-corrected chi connectivity index (χ3v) is 2.15. The lowest BCUT2D eigenvalue weighted by molar-refractivity contribution is -0.387. The molecule has 6 heteroatoms. The van der Waals surface area contributed by atoms with Crippen LogP contribution in [0, 0.1) is 15.9 Å². The highest BCUT2D eigenvalue weighted by molar-refractivity contribution is 5.50. The maximum atomic E-state index is 13.2. The van der Waals surface area contributed by atoms with E-state index in [1.807, 2.05) is 0 Å². The Hall–Kier alpha value is -1.69. The average Bonchev–Trinajstić information content (AvgIpc) is 2.11. The van der Waals surface area contributed by atoms with E-state index in [2.05, 4.69) is 5.32 Å². The van der Waals surface area contributed by atoms with E-state index < -0.39 is 16.4 Å². The number of nitro groups is 1. The molecule has 0 aliphatic carbocycles. The minimum absolute atomic E-state index is 0.172. The van der Waals surface area contributed by atoms with Gasteiger partial charge in [-0.25, -0.2) is 0 Å². The molecule has 1 fully saturated rings. The SMILES string of the molecule is O=[N+]([O-])c1ccc(NC2COC2)cc1F. The van der Waals surface area contributed by atoms with Crippen LogP contribution in [0.2, 0.25) is 0 Å². The first-order valence-corrected chi connectivity index (χ1v) is 4.45. The zero-order valence-corrected chi connectivity index (χ0v) is 7.77. The fraction of sp³-hybridized carbons (Fsp3) is 0.333. The second kappa shape index (κ2) is 3.82. The van der Waals surface area contributed by atoms with Crippen molar-refractivity contribution in [2.45, 2.75) is 6.04 Å². The molecule has 1 aromatic rings. The largest absolute Gasteiger partial charge is 0.378 e. The van der Waals surface area contributed by atoms with Gasteiger partial charge in [0, 0.05) is 17.8 Å². The van der Waals surface area contributed by atoms with Crippen LogP contribution in [0.3, 0.4) is 0 Å². The van der Waals surface area contributed by atoms with E-state index in [0.29, 0.717) is 18.9 Å². The van der Waals surface area contributed by atoms with Gasteiger partial charge < -0.3 is 10.1 Å². The number of hydrogen-bond donors (Lipinski definition) is 1. The van der Waals surface area contributed by atoms with Gasteiger partial charge in [0.05, 0.1) is 24.2 Å². The molecule has 15 heavy (non-hydrogen) atoms. The molecule has 1 aliphatic rings. The summed E-state index contributed by atoms with van der Waals surface area (Å²) in [7, 11) is 0. The van der Waals surface area contributed by atoms with E-state index in [4.69, 9.17) is 4.74 Å². The number of halogens is 1. The fourth-order valence-corrected chi connectivity index (χ4v) is 1.30. The third-order valence-electron chi connectivity index (χ3n) is 2.15. The summed E-state index contributed by atoms with van der Waals surface area (Å²) in [5, 5.41) is 13.3. The number of hydrogen-bond acceptors (Lipinski definition) is 4. The summed E-state index contributed by atoms with van der Waals surface area (Å²) in [6, 6.07) is 3.93. The van der Waals surface area contributed by atoms with Gasteiger partial charge in [0.25, 0.3) is 0 Å². The van der Waals surface area contributed by atoms with Crippen molar-refractivity contribution in [2.24, 2.45) is 0 Å². The van der Waals surface area contributed by atoms with Gasteiger partial charge in [-0.2, -0.15) is 4.39 Å². The van der Waals surface area contributed by atoms with Crippen molar-refractivity contribution in [1.82, 2.24) is 0 Å². The molecule has 1 N–H and O–H groups in total. The Morgan fingerprint density at radius 1 is 1.53 bits per heavy atom. The smallest absolute Gasteiger partial charge is 0.304 e. The first-order chi connectivity index (χ1) is 7.16. The summed E-state index contributed by atoms with van der Waals surface area (Å²) in [5.74, 6) is -0.828. The number of nitrogens with zero attached hydrogens (tertiary/aromatic N) is 1. The predicted octanol–water partition coefficient (Wildman–Crippen LogP) is 1.54. The van der Waals surface area contributed by atoms with Crippen molar-refractivity contribution < 1.29 is 14.1 Å². The highest BCUT2D eigenvalue weighted by atomic mass is 19.1. The zero-order valence-electron chi connectivity index (χ0n) is 7.77. The molecular weight excluding hydrogens is 203 g/mol. The number of anilines is 1. The van der Waals surface area contributed by atoms with Crippen LogP contribution >= 0.6 is 0 Å². The van der Waals surface area contributed by atoms with E-state index >= 15 is 0 Å². The molecular formula is C9H9FN2O3. The van der Waals surface area contributed by atoms with Crippen LogP contribution in [-0.4, -0.2) is 24.2 Å². The van der Waals surface area contributed by atoms with Crippen LogP contribution in [0.15, 0.2) is 18.2 Å². The molecule has 5 nitrogen and oxygen atoms in total. The molecule has 80 valence electrons. The Labute approximate surface area is 85.0 Å². The monoisotopic (exact) mass is 212 g/mol. The van der Waals surface area contributed by atoms with E-state index in [1.54, 1.807) is 0 Å². The maximum absolute atomic E-state index is 13.2. The molecule has 1 heterocycles. The van der Waals surface area contributed by atoms with Crippen molar-refractivity contribution in [3.05, 3.63) is 34.1 Å². The third kappa shape index (κ3) is 2.04. The highest BCUT2D eigenvalue weighted by Gasteiger charge is 2.19. The molecule has 0 aromatic heterocycles. The highest BCUT2D eigenvalue weighted by Crippen LogP contribution is 2.22. The van der Waals surface area contributed by atoms with E-state index in [1.165, 1.54) is 6.07 Å². The van der Waals surface area contributed by atoms with Crippen LogP contribution in [0.5, 0.6) is 0 Å². The van der Waals surface area contributed by atoms with Gasteiger partial charge in [-0.15, -0.1) is 0 Å². The van der Waals surface area contributed by atoms with Crippen LogP contribution in [0.25, 0.3) is 0 Å². The number of nitro benzene ring substituents is 1. The van der Waals surface area contributed by atoms with E-state index in [-0.39, 0.29) is 6.04 Å². The number of benzene rings is 1. The zero-order chi connectivity index (χ0) is 10.8. The van der Waals surface area contributed by atoms with Gasteiger partial charge in [0.1, 0.15) is 0 Å². The van der Waals surface area contributed by atoms with Gasteiger partial charge in [0.2, 0.25) is 5.82 Å². The van der Waals surface area contributed by atoms with Gasteiger partial charge in [0.15, 0.2) is 0 Å². The average molecular weight is 212 g/mol. The van der Waals surface area contributed by atoms with Gasteiger partial charge in [-0.1, -0.05) is 0 Å².